The molecular weight excluding hydrogens is 323 g/mol. The van der Waals surface area contributed by atoms with Crippen LogP contribution in [0.25, 0.3) is 10.9 Å². The van der Waals surface area contributed by atoms with E-state index < -0.39 is 12.0 Å². The third-order valence-electron chi connectivity index (χ3n) is 4.29. The first-order chi connectivity index (χ1) is 12.0. The highest BCUT2D eigenvalue weighted by atomic mass is 19.1. The average molecular weight is 348 g/mol. The molecule has 2 aromatic rings. The van der Waals surface area contributed by atoms with Crippen LogP contribution in [0.2, 0.25) is 0 Å². The fourth-order valence-corrected chi connectivity index (χ4v) is 2.90. The minimum atomic E-state index is -1.04. The zero-order valence-corrected chi connectivity index (χ0v) is 14.7. The molecule has 0 saturated heterocycles. The number of nitrogens with one attached hydrogen (secondary N) is 1. The van der Waals surface area contributed by atoms with Gasteiger partial charge >= 0.3 is 5.97 Å². The van der Waals surface area contributed by atoms with Crippen LogP contribution >= 0.6 is 0 Å². The Morgan fingerprint density at radius 3 is 2.56 bits per heavy atom. The molecule has 1 aromatic carbocycles. The van der Waals surface area contributed by atoms with E-state index in [1.54, 1.807) is 20.0 Å². The number of unbranched alkanes of at least 4 members (excludes halogenated alkanes) is 2. The fraction of sp³-hybridized carbons (Fsp3) is 0.474. The summed E-state index contributed by atoms with van der Waals surface area (Å²) in [5.41, 5.74) is 1.39. The molecule has 0 radical (unpaired) electrons. The summed E-state index contributed by atoms with van der Waals surface area (Å²) in [6, 6.07) is 6.60. The highest BCUT2D eigenvalue weighted by Crippen LogP contribution is 2.22. The van der Waals surface area contributed by atoms with E-state index in [1.807, 2.05) is 28.8 Å². The van der Waals surface area contributed by atoms with Crippen molar-refractivity contribution in [3.05, 3.63) is 36.0 Å². The minimum absolute atomic E-state index is 0.212. The Hall–Kier alpha value is -2.37. The van der Waals surface area contributed by atoms with Gasteiger partial charge in [0.1, 0.15) is 6.04 Å². The topological polar surface area (TPSA) is 71.3 Å². The number of aromatic nitrogens is 1. The molecule has 0 saturated carbocycles. The van der Waals surface area contributed by atoms with Gasteiger partial charge in [0.2, 0.25) is 0 Å². The van der Waals surface area contributed by atoms with Gasteiger partial charge in [-0.1, -0.05) is 32.0 Å². The van der Waals surface area contributed by atoms with E-state index >= 15 is 0 Å². The van der Waals surface area contributed by atoms with Crippen LogP contribution in [-0.4, -0.2) is 34.3 Å². The molecular formula is C19H25FN2O3. The van der Waals surface area contributed by atoms with Crippen LogP contribution in [0.3, 0.4) is 0 Å². The number of aliphatic carboxylic acids is 1. The van der Waals surface area contributed by atoms with Crippen LogP contribution in [0.5, 0.6) is 0 Å². The molecule has 0 fully saturated rings. The largest absolute Gasteiger partial charge is 0.480 e. The lowest BCUT2D eigenvalue weighted by molar-refractivity contribution is -0.140. The number of alkyl halides is 1. The van der Waals surface area contributed by atoms with Gasteiger partial charge in [0.25, 0.3) is 5.91 Å². The first kappa shape index (κ1) is 19.0. The standard InChI is InChI=1S/C19H25FN2O3/c1-13(2)17(19(24)25)21-18(23)15-12-22(11-7-3-6-10-20)16-9-5-4-8-14(15)16/h4-5,8-9,12-13,17H,3,6-7,10-11H2,1-2H3,(H,21,23)(H,24,25)/t17-/m0/s1. The van der Waals surface area contributed by atoms with E-state index in [1.165, 1.54) is 0 Å². The van der Waals surface area contributed by atoms with E-state index in [-0.39, 0.29) is 18.5 Å². The van der Waals surface area contributed by atoms with Gasteiger partial charge in [-0.05, 0) is 31.2 Å². The zero-order chi connectivity index (χ0) is 18.4. The molecule has 6 heteroatoms. The van der Waals surface area contributed by atoms with Gasteiger partial charge in [0.05, 0.1) is 12.2 Å². The van der Waals surface area contributed by atoms with Crippen molar-refractivity contribution in [3.8, 4) is 0 Å². The number of nitrogens with zero attached hydrogens (tertiary/aromatic N) is 1. The summed E-state index contributed by atoms with van der Waals surface area (Å²) in [4.78, 5) is 24.0. The molecule has 25 heavy (non-hydrogen) atoms. The van der Waals surface area contributed by atoms with E-state index in [2.05, 4.69) is 5.32 Å². The molecule has 1 aromatic heterocycles. The third kappa shape index (κ3) is 4.59. The van der Waals surface area contributed by atoms with Crippen molar-refractivity contribution in [2.24, 2.45) is 5.92 Å². The van der Waals surface area contributed by atoms with Gasteiger partial charge in [-0.2, -0.15) is 0 Å². The number of aryl methyl sites for hydroxylation is 1. The summed E-state index contributed by atoms with van der Waals surface area (Å²) in [7, 11) is 0. The molecule has 136 valence electrons. The van der Waals surface area contributed by atoms with Crippen molar-refractivity contribution in [3.63, 3.8) is 0 Å². The first-order valence-electron chi connectivity index (χ1n) is 8.63. The van der Waals surface area contributed by atoms with Crippen molar-refractivity contribution >= 4 is 22.8 Å². The lowest BCUT2D eigenvalue weighted by Gasteiger charge is -2.17. The number of rotatable bonds is 9. The predicted molar refractivity (Wildman–Crippen MR) is 95.5 cm³/mol. The SMILES string of the molecule is CC(C)[C@H](NC(=O)c1cn(CCCCCF)c2ccccc12)C(=O)O. The highest BCUT2D eigenvalue weighted by molar-refractivity contribution is 6.07. The quantitative estimate of drug-likeness (QED) is 0.680. The van der Waals surface area contributed by atoms with Crippen molar-refractivity contribution in [1.82, 2.24) is 9.88 Å². The van der Waals surface area contributed by atoms with Crippen LogP contribution < -0.4 is 5.32 Å². The maximum Gasteiger partial charge on any atom is 0.326 e. The number of halogens is 1. The number of hydrogen-bond donors (Lipinski definition) is 2. The van der Waals surface area contributed by atoms with Crippen molar-refractivity contribution in [2.45, 2.75) is 45.7 Å². The van der Waals surface area contributed by atoms with E-state index in [0.29, 0.717) is 18.5 Å². The smallest absolute Gasteiger partial charge is 0.326 e. The molecule has 0 bridgehead atoms. The number of para-hydroxylation sites is 1. The summed E-state index contributed by atoms with van der Waals surface area (Å²) in [6.07, 6.45) is 3.92. The number of carboxylic acid groups (broad SMARTS) is 1. The number of carbonyl (C=O) groups excluding carboxylic acids is 1. The lowest BCUT2D eigenvalue weighted by atomic mass is 10.0. The molecule has 0 aliphatic heterocycles. The Labute approximate surface area is 146 Å². The monoisotopic (exact) mass is 348 g/mol. The summed E-state index contributed by atoms with van der Waals surface area (Å²) in [6.45, 7) is 3.90. The van der Waals surface area contributed by atoms with Gasteiger partial charge in [-0.25, -0.2) is 4.79 Å². The highest BCUT2D eigenvalue weighted by Gasteiger charge is 2.25. The Balaban J connectivity index is 2.25. The van der Waals surface area contributed by atoms with Gasteiger partial charge < -0.3 is 15.0 Å². The van der Waals surface area contributed by atoms with Crippen LogP contribution in [0.1, 0.15) is 43.5 Å². The second kappa shape index (κ2) is 8.65. The number of carbonyl (C=O) groups is 2. The second-order valence-electron chi connectivity index (χ2n) is 6.54. The van der Waals surface area contributed by atoms with Crippen molar-refractivity contribution in [2.75, 3.05) is 6.67 Å². The zero-order valence-electron chi connectivity index (χ0n) is 14.7. The molecule has 1 amide bonds. The van der Waals surface area contributed by atoms with Gasteiger partial charge in [0.15, 0.2) is 0 Å². The Bertz CT molecular complexity index is 739. The van der Waals surface area contributed by atoms with E-state index in [0.717, 1.165) is 23.7 Å². The summed E-state index contributed by atoms with van der Waals surface area (Å²) < 4.78 is 14.2. The van der Waals surface area contributed by atoms with Crippen LogP contribution in [-0.2, 0) is 11.3 Å². The van der Waals surface area contributed by atoms with Crippen molar-refractivity contribution in [1.29, 1.82) is 0 Å². The van der Waals surface area contributed by atoms with Gasteiger partial charge in [-0.3, -0.25) is 9.18 Å². The van der Waals surface area contributed by atoms with Crippen molar-refractivity contribution < 1.29 is 19.1 Å². The molecule has 0 spiro atoms. The second-order valence-corrected chi connectivity index (χ2v) is 6.54. The predicted octanol–water partition coefficient (Wildman–Crippen LogP) is 3.62. The molecule has 1 heterocycles. The molecule has 2 rings (SSSR count). The molecule has 5 nitrogen and oxygen atoms in total. The van der Waals surface area contributed by atoms with E-state index in [9.17, 15) is 19.1 Å². The van der Waals surface area contributed by atoms with Gasteiger partial charge in [0, 0.05) is 23.6 Å². The average Bonchev–Trinajstić information content (AvgIpc) is 2.95. The summed E-state index contributed by atoms with van der Waals surface area (Å²) >= 11 is 0. The van der Waals surface area contributed by atoms with Gasteiger partial charge in [-0.15, -0.1) is 0 Å². The third-order valence-corrected chi connectivity index (χ3v) is 4.29. The number of benzene rings is 1. The normalized spacial score (nSPS) is 12.5. The first-order valence-corrected chi connectivity index (χ1v) is 8.63. The van der Waals surface area contributed by atoms with Crippen LogP contribution in [0.15, 0.2) is 30.5 Å². The summed E-state index contributed by atoms with van der Waals surface area (Å²) in [5.74, 6) is -1.64. The number of carboxylic acids is 1. The Morgan fingerprint density at radius 1 is 1.20 bits per heavy atom. The Kier molecular flexibility index (Phi) is 6.56. The molecule has 0 aliphatic carbocycles. The lowest BCUT2D eigenvalue weighted by Crippen LogP contribution is -2.44. The molecule has 0 aliphatic rings. The fourth-order valence-electron chi connectivity index (χ4n) is 2.90. The molecule has 1 atom stereocenters. The summed E-state index contributed by atoms with van der Waals surface area (Å²) in [5, 5.41) is 12.7. The number of hydrogen-bond acceptors (Lipinski definition) is 2. The van der Waals surface area contributed by atoms with Crippen LogP contribution in [0.4, 0.5) is 4.39 Å². The van der Waals surface area contributed by atoms with Crippen LogP contribution in [0, 0.1) is 5.92 Å². The van der Waals surface area contributed by atoms with E-state index in [4.69, 9.17) is 0 Å². The molecule has 0 unspecified atom stereocenters. The number of amides is 1. The maximum absolute atomic E-state index is 12.6. The molecule has 2 N–H and O–H groups in total. The minimum Gasteiger partial charge on any atom is -0.480 e. The maximum atomic E-state index is 12.6. The Morgan fingerprint density at radius 2 is 1.92 bits per heavy atom. The number of fused-ring (bicyclic) bond motifs is 1.